The number of carbonyl (C=O) groups excluding carboxylic acids is 1. The summed E-state index contributed by atoms with van der Waals surface area (Å²) in [6.07, 6.45) is 7.19. The monoisotopic (exact) mass is 241 g/mol. The van der Waals surface area contributed by atoms with Crippen LogP contribution in [0.3, 0.4) is 0 Å². The molecule has 0 N–H and O–H groups in total. The van der Waals surface area contributed by atoms with Gasteiger partial charge in [0.2, 0.25) is 0 Å². The number of carbonyl (C=O) groups is 1. The second-order valence-corrected chi connectivity index (χ2v) is 5.32. The van der Waals surface area contributed by atoms with Crippen molar-refractivity contribution in [1.82, 2.24) is 4.90 Å². The molecule has 1 aliphatic rings. The van der Waals surface area contributed by atoms with Crippen molar-refractivity contribution in [2.24, 2.45) is 5.92 Å². The molecule has 1 saturated carbocycles. The van der Waals surface area contributed by atoms with Crippen LogP contribution in [-0.4, -0.2) is 37.1 Å². The Morgan fingerprint density at radius 3 is 2.71 bits per heavy atom. The van der Waals surface area contributed by atoms with Gasteiger partial charge in [0.1, 0.15) is 0 Å². The Morgan fingerprint density at radius 2 is 2.06 bits per heavy atom. The molecule has 2 unspecified atom stereocenters. The molecule has 0 aromatic heterocycles. The fourth-order valence-electron chi connectivity index (χ4n) is 2.65. The Balaban J connectivity index is 2.26. The Labute approximate surface area is 106 Å². The van der Waals surface area contributed by atoms with Crippen molar-refractivity contribution in [2.75, 3.05) is 20.2 Å². The van der Waals surface area contributed by atoms with Gasteiger partial charge in [0.05, 0.1) is 13.2 Å². The third-order valence-corrected chi connectivity index (χ3v) is 3.77. The second kappa shape index (κ2) is 7.70. The smallest absolute Gasteiger partial charge is 0.320 e. The first kappa shape index (κ1) is 14.5. The van der Waals surface area contributed by atoms with Crippen LogP contribution in [0.2, 0.25) is 0 Å². The molecule has 17 heavy (non-hydrogen) atoms. The van der Waals surface area contributed by atoms with E-state index in [1.54, 1.807) is 0 Å². The van der Waals surface area contributed by atoms with Crippen molar-refractivity contribution < 1.29 is 9.53 Å². The van der Waals surface area contributed by atoms with E-state index in [1.165, 1.54) is 25.7 Å². The zero-order valence-corrected chi connectivity index (χ0v) is 11.6. The van der Waals surface area contributed by atoms with Gasteiger partial charge in [-0.15, -0.1) is 0 Å². The molecule has 0 aromatic rings. The van der Waals surface area contributed by atoms with Gasteiger partial charge in [-0.3, -0.25) is 9.69 Å². The first-order valence-electron chi connectivity index (χ1n) is 7.01. The van der Waals surface area contributed by atoms with Gasteiger partial charge in [-0.05, 0) is 32.2 Å². The second-order valence-electron chi connectivity index (χ2n) is 5.32. The highest BCUT2D eigenvalue weighted by atomic mass is 16.5. The molecule has 100 valence electrons. The quantitative estimate of drug-likeness (QED) is 0.529. The van der Waals surface area contributed by atoms with E-state index in [0.29, 0.717) is 25.1 Å². The van der Waals surface area contributed by atoms with E-state index in [2.05, 4.69) is 18.7 Å². The van der Waals surface area contributed by atoms with Crippen molar-refractivity contribution >= 4 is 5.97 Å². The summed E-state index contributed by atoms with van der Waals surface area (Å²) in [6, 6.07) is 0.558. The lowest BCUT2D eigenvalue weighted by Crippen LogP contribution is -2.42. The summed E-state index contributed by atoms with van der Waals surface area (Å²) in [7, 11) is 2.05. The molecule has 0 aliphatic heterocycles. The van der Waals surface area contributed by atoms with Gasteiger partial charge < -0.3 is 4.74 Å². The normalized spacial score (nSPS) is 24.9. The predicted molar refractivity (Wildman–Crippen MR) is 69.9 cm³/mol. The Bertz CT molecular complexity index is 230. The summed E-state index contributed by atoms with van der Waals surface area (Å²) in [5.41, 5.74) is 0. The molecule has 0 heterocycles. The minimum atomic E-state index is -0.0706. The van der Waals surface area contributed by atoms with E-state index in [0.717, 1.165) is 12.8 Å². The summed E-state index contributed by atoms with van der Waals surface area (Å²) in [5.74, 6) is 0.635. The van der Waals surface area contributed by atoms with E-state index >= 15 is 0 Å². The summed E-state index contributed by atoms with van der Waals surface area (Å²) >= 11 is 0. The van der Waals surface area contributed by atoms with Gasteiger partial charge >= 0.3 is 5.97 Å². The molecule has 1 rings (SSSR count). The Hall–Kier alpha value is -0.570. The molecule has 3 nitrogen and oxygen atoms in total. The van der Waals surface area contributed by atoms with Gasteiger partial charge in [-0.25, -0.2) is 0 Å². The maximum atomic E-state index is 11.6. The predicted octanol–water partition coefficient (Wildman–Crippen LogP) is 2.84. The average Bonchev–Trinajstić information content (AvgIpc) is 2.29. The van der Waals surface area contributed by atoms with E-state index in [-0.39, 0.29) is 5.97 Å². The Kier molecular flexibility index (Phi) is 6.56. The van der Waals surface area contributed by atoms with Gasteiger partial charge in [-0.1, -0.05) is 33.1 Å². The molecule has 0 amide bonds. The highest BCUT2D eigenvalue weighted by molar-refractivity contribution is 5.71. The lowest BCUT2D eigenvalue weighted by Gasteiger charge is -2.35. The number of unbranched alkanes of at least 4 members (excludes halogenated alkanes) is 1. The Morgan fingerprint density at radius 1 is 1.35 bits per heavy atom. The fraction of sp³-hybridized carbons (Fsp3) is 0.929. The maximum absolute atomic E-state index is 11.6. The van der Waals surface area contributed by atoms with Crippen LogP contribution in [0.5, 0.6) is 0 Å². The number of hydrogen-bond donors (Lipinski definition) is 0. The number of likely N-dealkylation sites (N-methyl/N-ethyl adjacent to an activating group) is 1. The lowest BCUT2D eigenvalue weighted by atomic mass is 9.85. The molecule has 0 bridgehead atoms. The lowest BCUT2D eigenvalue weighted by molar-refractivity contribution is -0.145. The molecule has 0 aromatic carbocycles. The van der Waals surface area contributed by atoms with Crippen molar-refractivity contribution in [2.45, 2.75) is 58.4 Å². The highest BCUT2D eigenvalue weighted by Crippen LogP contribution is 2.27. The van der Waals surface area contributed by atoms with Crippen LogP contribution in [0.4, 0.5) is 0 Å². The first-order chi connectivity index (χ1) is 8.15. The SMILES string of the molecule is CCCCOC(=O)CN(C)C1CCCCC1C. The van der Waals surface area contributed by atoms with Crippen LogP contribution in [0.15, 0.2) is 0 Å². The summed E-state index contributed by atoms with van der Waals surface area (Å²) in [4.78, 5) is 13.8. The molecule has 0 spiro atoms. The summed E-state index contributed by atoms with van der Waals surface area (Å²) in [5, 5.41) is 0. The third kappa shape index (κ3) is 5.07. The van der Waals surface area contributed by atoms with Crippen molar-refractivity contribution in [3.8, 4) is 0 Å². The van der Waals surface area contributed by atoms with Gasteiger partial charge in [0.25, 0.3) is 0 Å². The molecule has 3 heteroatoms. The van der Waals surface area contributed by atoms with Crippen molar-refractivity contribution in [3.63, 3.8) is 0 Å². The largest absolute Gasteiger partial charge is 0.465 e. The van der Waals surface area contributed by atoms with Crippen molar-refractivity contribution in [1.29, 1.82) is 0 Å². The third-order valence-electron chi connectivity index (χ3n) is 3.77. The minimum absolute atomic E-state index is 0.0706. The number of rotatable bonds is 6. The number of hydrogen-bond acceptors (Lipinski definition) is 3. The maximum Gasteiger partial charge on any atom is 0.320 e. The number of ether oxygens (including phenoxy) is 1. The zero-order chi connectivity index (χ0) is 12.7. The zero-order valence-electron chi connectivity index (χ0n) is 11.6. The highest BCUT2D eigenvalue weighted by Gasteiger charge is 2.26. The molecule has 1 aliphatic carbocycles. The number of esters is 1. The topological polar surface area (TPSA) is 29.5 Å². The molecule has 0 saturated heterocycles. The van der Waals surface area contributed by atoms with E-state index in [1.807, 2.05) is 7.05 Å². The van der Waals surface area contributed by atoms with Crippen molar-refractivity contribution in [3.05, 3.63) is 0 Å². The summed E-state index contributed by atoms with van der Waals surface area (Å²) in [6.45, 7) is 5.41. The van der Waals surface area contributed by atoms with Crippen LogP contribution in [0, 0.1) is 5.92 Å². The minimum Gasteiger partial charge on any atom is -0.465 e. The van der Waals surface area contributed by atoms with E-state index in [9.17, 15) is 4.79 Å². The molecular weight excluding hydrogens is 214 g/mol. The van der Waals surface area contributed by atoms with E-state index < -0.39 is 0 Å². The van der Waals surface area contributed by atoms with E-state index in [4.69, 9.17) is 4.74 Å². The fourth-order valence-corrected chi connectivity index (χ4v) is 2.65. The van der Waals surface area contributed by atoms with Crippen LogP contribution >= 0.6 is 0 Å². The summed E-state index contributed by atoms with van der Waals surface area (Å²) < 4.78 is 5.20. The molecular formula is C14H27NO2. The van der Waals surface area contributed by atoms with Gasteiger partial charge in [-0.2, -0.15) is 0 Å². The van der Waals surface area contributed by atoms with Gasteiger partial charge in [0, 0.05) is 6.04 Å². The van der Waals surface area contributed by atoms with Crippen LogP contribution in [0.1, 0.15) is 52.4 Å². The molecule has 0 radical (unpaired) electrons. The first-order valence-corrected chi connectivity index (χ1v) is 7.01. The molecule has 1 fully saturated rings. The van der Waals surface area contributed by atoms with Crippen LogP contribution < -0.4 is 0 Å². The standard InChI is InChI=1S/C14H27NO2/c1-4-5-10-17-14(16)11-15(3)13-9-7-6-8-12(13)2/h12-13H,4-11H2,1-3H3. The number of nitrogens with zero attached hydrogens (tertiary/aromatic N) is 1. The van der Waals surface area contributed by atoms with Crippen LogP contribution in [-0.2, 0) is 9.53 Å². The average molecular weight is 241 g/mol. The van der Waals surface area contributed by atoms with Gasteiger partial charge in [0.15, 0.2) is 0 Å². The van der Waals surface area contributed by atoms with Crippen LogP contribution in [0.25, 0.3) is 0 Å². The molecule has 2 atom stereocenters.